The number of hydrogen-bond donors (Lipinski definition) is 1. The Hall–Kier alpha value is -2.88. The summed E-state index contributed by atoms with van der Waals surface area (Å²) < 4.78 is 6.40. The van der Waals surface area contributed by atoms with Gasteiger partial charge < -0.3 is 19.9 Å². The zero-order chi connectivity index (χ0) is 28.6. The zero-order valence-electron chi connectivity index (χ0n) is 24.2. The summed E-state index contributed by atoms with van der Waals surface area (Å²) in [6.07, 6.45) is 3.68. The molecule has 9 heteroatoms. The van der Waals surface area contributed by atoms with E-state index < -0.39 is 0 Å². The minimum absolute atomic E-state index is 0.0643. The Morgan fingerprint density at radius 2 is 1.77 bits per heavy atom. The maximum atomic E-state index is 13.3. The summed E-state index contributed by atoms with van der Waals surface area (Å²) in [6, 6.07) is 13.6. The number of rotatable bonds is 9. The second-order valence-corrected chi connectivity index (χ2v) is 11.5. The predicted molar refractivity (Wildman–Crippen MR) is 165 cm³/mol. The molecule has 2 aliphatic heterocycles. The molecule has 0 bridgehead atoms. The smallest absolute Gasteiger partial charge is 0.410 e. The lowest BCUT2D eigenvalue weighted by molar-refractivity contribution is 0.0633. The number of ether oxygens (including phenoxy) is 1. The van der Waals surface area contributed by atoms with Crippen LogP contribution in [0.2, 0.25) is 0 Å². The van der Waals surface area contributed by atoms with Gasteiger partial charge in [0.05, 0.1) is 12.6 Å². The number of nitrogens with one attached hydrogen (secondary N) is 1. The van der Waals surface area contributed by atoms with Crippen molar-refractivity contribution >= 4 is 39.2 Å². The second-order valence-electron chi connectivity index (χ2n) is 10.6. The zero-order valence-corrected chi connectivity index (χ0v) is 25.7. The van der Waals surface area contributed by atoms with Crippen LogP contribution in [-0.4, -0.2) is 105 Å². The van der Waals surface area contributed by atoms with E-state index in [1.807, 2.05) is 49.2 Å². The summed E-state index contributed by atoms with van der Waals surface area (Å²) in [7, 11) is 6.11. The third-order valence-corrected chi connectivity index (χ3v) is 8.15. The first kappa shape index (κ1) is 30.1. The van der Waals surface area contributed by atoms with Crippen LogP contribution in [0.3, 0.4) is 0 Å². The van der Waals surface area contributed by atoms with Crippen molar-refractivity contribution in [2.45, 2.75) is 25.8 Å². The highest BCUT2D eigenvalue weighted by Gasteiger charge is 2.30. The van der Waals surface area contributed by atoms with Gasteiger partial charge >= 0.3 is 6.09 Å². The van der Waals surface area contributed by atoms with E-state index >= 15 is 0 Å². The van der Waals surface area contributed by atoms with Gasteiger partial charge in [0.25, 0.3) is 5.91 Å². The van der Waals surface area contributed by atoms with Gasteiger partial charge in [-0.1, -0.05) is 34.1 Å². The highest BCUT2D eigenvalue weighted by Crippen LogP contribution is 2.37. The molecule has 2 amide bonds. The summed E-state index contributed by atoms with van der Waals surface area (Å²) in [5, 5.41) is 3.28. The van der Waals surface area contributed by atoms with Gasteiger partial charge in [-0.25, -0.2) is 4.79 Å². The topological polar surface area (TPSA) is 68.4 Å². The highest BCUT2D eigenvalue weighted by molar-refractivity contribution is 9.10. The first-order chi connectivity index (χ1) is 19.3. The minimum atomic E-state index is -0.325. The van der Waals surface area contributed by atoms with Crippen molar-refractivity contribution in [3.05, 3.63) is 69.7 Å². The fraction of sp³-hybridized carbons (Fsp3) is 0.484. The molecule has 4 rings (SSSR count). The molecule has 1 atom stereocenters. The molecule has 8 nitrogen and oxygen atoms in total. The Bertz CT molecular complexity index is 1190. The molecule has 0 spiro atoms. The van der Waals surface area contributed by atoms with Gasteiger partial charge in [-0.2, -0.15) is 0 Å². The Balaban J connectivity index is 1.50. The van der Waals surface area contributed by atoms with Gasteiger partial charge in [0, 0.05) is 61.1 Å². The molecule has 1 saturated heterocycles. The number of carbonyl (C=O) groups excluding carboxylic acids is 2. The molecule has 40 heavy (non-hydrogen) atoms. The molecule has 0 radical (unpaired) electrons. The van der Waals surface area contributed by atoms with Crippen LogP contribution in [0.15, 0.2) is 53.0 Å². The number of benzene rings is 2. The van der Waals surface area contributed by atoms with Crippen molar-refractivity contribution in [3.63, 3.8) is 0 Å². The lowest BCUT2D eigenvalue weighted by Gasteiger charge is -2.35. The molecule has 1 unspecified atom stereocenters. The van der Waals surface area contributed by atoms with Gasteiger partial charge in [0.15, 0.2) is 0 Å². The summed E-state index contributed by atoms with van der Waals surface area (Å²) in [5.41, 5.74) is 4.94. The fourth-order valence-corrected chi connectivity index (χ4v) is 5.81. The Kier molecular flexibility index (Phi) is 10.6. The van der Waals surface area contributed by atoms with E-state index in [2.05, 4.69) is 63.4 Å². The number of halogens is 1. The van der Waals surface area contributed by atoms with E-state index in [4.69, 9.17) is 4.74 Å². The molecular weight excluding hydrogens is 570 g/mol. The van der Waals surface area contributed by atoms with Crippen LogP contribution in [0, 0.1) is 0 Å². The maximum Gasteiger partial charge on any atom is 0.410 e. The van der Waals surface area contributed by atoms with Gasteiger partial charge in [-0.15, -0.1) is 0 Å². The summed E-state index contributed by atoms with van der Waals surface area (Å²) in [5.74, 6) is 0.0643. The van der Waals surface area contributed by atoms with Crippen LogP contribution in [0.25, 0.3) is 5.57 Å². The van der Waals surface area contributed by atoms with Gasteiger partial charge in [-0.05, 0) is 88.4 Å². The Labute approximate surface area is 247 Å². The number of anilines is 1. The number of piperazine rings is 1. The van der Waals surface area contributed by atoms with Crippen LogP contribution in [0.1, 0.15) is 47.3 Å². The summed E-state index contributed by atoms with van der Waals surface area (Å²) >= 11 is 3.60. The predicted octanol–water partition coefficient (Wildman–Crippen LogP) is 5.19. The molecule has 0 aliphatic carbocycles. The summed E-state index contributed by atoms with van der Waals surface area (Å²) in [6.45, 7) is 8.15. The number of carbonyl (C=O) groups is 2. The molecule has 216 valence electrons. The lowest BCUT2D eigenvalue weighted by atomic mass is 9.91. The quantitative estimate of drug-likeness (QED) is 0.421. The van der Waals surface area contributed by atoms with Crippen molar-refractivity contribution < 1.29 is 14.3 Å². The lowest BCUT2D eigenvalue weighted by Crippen LogP contribution is -2.49. The molecule has 0 aromatic heterocycles. The molecule has 2 aliphatic rings. The standard InChI is InChI=1S/C31H42BrN5O3/c1-5-40-31(39)37-16-13-25(27-22-26(32)11-12-28(27)33-2)21-29(37)23-7-9-24(10-8-23)30(38)36-19-17-35(18-20-36)15-6-14-34(3)4/h7-12,21-22,29,33H,5-6,13-20H2,1-4H3. The second kappa shape index (κ2) is 14.1. The molecule has 2 heterocycles. The molecule has 1 fully saturated rings. The SMILES string of the molecule is CCOC(=O)N1CCC(c2cc(Br)ccc2NC)=CC1c1ccc(C(=O)N2CCN(CCCN(C)C)CC2)cc1. The summed E-state index contributed by atoms with van der Waals surface area (Å²) in [4.78, 5) is 34.6. The normalized spacial score (nSPS) is 18.1. The number of nitrogens with zero attached hydrogens (tertiary/aromatic N) is 4. The third-order valence-electron chi connectivity index (χ3n) is 7.65. The van der Waals surface area contributed by atoms with Crippen molar-refractivity contribution in [2.75, 3.05) is 78.9 Å². The molecule has 2 aromatic carbocycles. The van der Waals surface area contributed by atoms with Gasteiger partial charge in [0.1, 0.15) is 0 Å². The minimum Gasteiger partial charge on any atom is -0.450 e. The van der Waals surface area contributed by atoms with Crippen molar-refractivity contribution in [3.8, 4) is 0 Å². The van der Waals surface area contributed by atoms with E-state index in [0.29, 0.717) is 18.7 Å². The Morgan fingerprint density at radius 3 is 2.42 bits per heavy atom. The van der Waals surface area contributed by atoms with Crippen molar-refractivity contribution in [2.24, 2.45) is 0 Å². The molecule has 2 aromatic rings. The average Bonchev–Trinajstić information content (AvgIpc) is 2.97. The van der Waals surface area contributed by atoms with E-state index in [9.17, 15) is 9.59 Å². The third kappa shape index (κ3) is 7.44. The first-order valence-electron chi connectivity index (χ1n) is 14.2. The first-order valence-corrected chi connectivity index (χ1v) is 15.0. The van der Waals surface area contributed by atoms with E-state index in [1.54, 1.807) is 4.90 Å². The van der Waals surface area contributed by atoms with Crippen LogP contribution in [-0.2, 0) is 4.74 Å². The van der Waals surface area contributed by atoms with E-state index in [-0.39, 0.29) is 18.0 Å². The monoisotopic (exact) mass is 611 g/mol. The number of hydrogen-bond acceptors (Lipinski definition) is 6. The van der Waals surface area contributed by atoms with Crippen LogP contribution >= 0.6 is 15.9 Å². The largest absolute Gasteiger partial charge is 0.450 e. The fourth-order valence-electron chi connectivity index (χ4n) is 5.45. The van der Waals surface area contributed by atoms with Crippen LogP contribution in [0.4, 0.5) is 10.5 Å². The molecule has 0 saturated carbocycles. The highest BCUT2D eigenvalue weighted by atomic mass is 79.9. The number of amides is 2. The maximum absolute atomic E-state index is 13.3. The van der Waals surface area contributed by atoms with E-state index in [0.717, 1.165) is 73.4 Å². The van der Waals surface area contributed by atoms with Crippen LogP contribution in [0.5, 0.6) is 0 Å². The van der Waals surface area contributed by atoms with Crippen LogP contribution < -0.4 is 5.32 Å². The van der Waals surface area contributed by atoms with Gasteiger partial charge in [0.2, 0.25) is 0 Å². The Morgan fingerprint density at radius 1 is 1.05 bits per heavy atom. The molecular formula is C31H42BrN5O3. The van der Waals surface area contributed by atoms with E-state index in [1.165, 1.54) is 5.57 Å². The van der Waals surface area contributed by atoms with Gasteiger partial charge in [-0.3, -0.25) is 14.6 Å². The molecule has 1 N–H and O–H groups in total. The van der Waals surface area contributed by atoms with Crippen molar-refractivity contribution in [1.29, 1.82) is 0 Å². The van der Waals surface area contributed by atoms with Crippen molar-refractivity contribution in [1.82, 2.24) is 19.6 Å². The average molecular weight is 613 g/mol.